The van der Waals surface area contributed by atoms with Gasteiger partial charge in [-0.1, -0.05) is 37.6 Å². The smallest absolute Gasteiger partial charge is 0.148 e. The molecule has 0 fully saturated rings. The molecule has 1 aliphatic rings. The first-order valence-electron chi connectivity index (χ1n) is 9.97. The Labute approximate surface area is 165 Å². The minimum Gasteiger partial charge on any atom is -0.509 e. The Hall–Kier alpha value is -3.08. The SMILES string of the molecule is CCCCc1ccc(N2CC(O)=C(c3nc4ccccc4n3CC)C2=N)cc1. The first kappa shape index (κ1) is 18.3. The monoisotopic (exact) mass is 374 g/mol. The first-order chi connectivity index (χ1) is 13.6. The summed E-state index contributed by atoms with van der Waals surface area (Å²) < 4.78 is 2.06. The van der Waals surface area contributed by atoms with Crippen molar-refractivity contribution in [2.75, 3.05) is 11.4 Å². The van der Waals surface area contributed by atoms with E-state index in [9.17, 15) is 5.11 Å². The zero-order valence-corrected chi connectivity index (χ0v) is 16.4. The molecular weight excluding hydrogens is 348 g/mol. The number of imidazole rings is 1. The number of unbranched alkanes of at least 4 members (excludes halogenated alkanes) is 1. The van der Waals surface area contributed by atoms with Crippen LogP contribution in [0, 0.1) is 5.41 Å². The van der Waals surface area contributed by atoms with Gasteiger partial charge in [0.05, 0.1) is 23.2 Å². The lowest BCUT2D eigenvalue weighted by atomic mass is 10.1. The van der Waals surface area contributed by atoms with Gasteiger partial charge in [0.1, 0.15) is 17.4 Å². The van der Waals surface area contributed by atoms with Crippen molar-refractivity contribution in [1.82, 2.24) is 9.55 Å². The summed E-state index contributed by atoms with van der Waals surface area (Å²) in [5, 5.41) is 19.4. The van der Waals surface area contributed by atoms with Gasteiger partial charge >= 0.3 is 0 Å². The van der Waals surface area contributed by atoms with E-state index in [0.29, 0.717) is 23.8 Å². The maximum atomic E-state index is 10.7. The summed E-state index contributed by atoms with van der Waals surface area (Å²) in [6.07, 6.45) is 3.43. The zero-order valence-electron chi connectivity index (χ0n) is 16.4. The van der Waals surface area contributed by atoms with Crippen LogP contribution in [0.3, 0.4) is 0 Å². The minimum atomic E-state index is 0.199. The molecular formula is C23H26N4O. The fourth-order valence-corrected chi connectivity index (χ4v) is 3.84. The molecule has 2 N–H and O–H groups in total. The highest BCUT2D eigenvalue weighted by molar-refractivity contribution is 6.30. The summed E-state index contributed by atoms with van der Waals surface area (Å²) in [5.41, 5.74) is 4.65. The fraction of sp³-hybridized carbons (Fsp3) is 0.304. The molecule has 144 valence electrons. The number of aliphatic hydroxyl groups is 1. The second-order valence-corrected chi connectivity index (χ2v) is 7.19. The van der Waals surface area contributed by atoms with Crippen molar-refractivity contribution in [3.63, 3.8) is 0 Å². The van der Waals surface area contributed by atoms with Crippen LogP contribution in [-0.2, 0) is 13.0 Å². The van der Waals surface area contributed by atoms with Gasteiger partial charge in [-0.15, -0.1) is 0 Å². The number of hydrogen-bond donors (Lipinski definition) is 2. The molecule has 5 heteroatoms. The van der Waals surface area contributed by atoms with Crippen molar-refractivity contribution in [2.24, 2.45) is 0 Å². The van der Waals surface area contributed by atoms with Crippen LogP contribution in [0.4, 0.5) is 5.69 Å². The van der Waals surface area contributed by atoms with Crippen LogP contribution in [0.1, 0.15) is 38.1 Å². The molecule has 0 unspecified atom stereocenters. The van der Waals surface area contributed by atoms with E-state index in [1.165, 1.54) is 18.4 Å². The molecule has 0 aliphatic carbocycles. The summed E-state index contributed by atoms with van der Waals surface area (Å²) in [6.45, 7) is 5.28. The van der Waals surface area contributed by atoms with Crippen LogP contribution in [0.25, 0.3) is 16.6 Å². The second kappa shape index (κ2) is 7.50. The van der Waals surface area contributed by atoms with Gasteiger partial charge in [0.25, 0.3) is 0 Å². The van der Waals surface area contributed by atoms with Gasteiger partial charge in [0.2, 0.25) is 0 Å². The standard InChI is InChI=1S/C23H26N4O/c1-3-5-8-16-11-13-17(14-12-16)27-15-20(28)21(22(27)24)23-25-18-9-6-7-10-19(18)26(23)4-2/h6-7,9-14,24,28H,3-5,8,15H2,1-2H3. The molecule has 0 spiro atoms. The predicted octanol–water partition coefficient (Wildman–Crippen LogP) is 5.17. The zero-order chi connectivity index (χ0) is 19.7. The number of nitrogens with one attached hydrogen (secondary N) is 1. The van der Waals surface area contributed by atoms with Crippen molar-refractivity contribution in [3.05, 3.63) is 65.7 Å². The van der Waals surface area contributed by atoms with E-state index < -0.39 is 0 Å². The Morgan fingerprint density at radius 1 is 1.07 bits per heavy atom. The molecule has 3 aromatic rings. The van der Waals surface area contributed by atoms with Gasteiger partial charge in [-0.25, -0.2) is 4.98 Å². The summed E-state index contributed by atoms with van der Waals surface area (Å²) in [4.78, 5) is 6.56. The number of benzene rings is 2. The maximum Gasteiger partial charge on any atom is 0.148 e. The molecule has 1 aromatic heterocycles. The summed E-state index contributed by atoms with van der Waals surface area (Å²) >= 11 is 0. The van der Waals surface area contributed by atoms with Crippen molar-refractivity contribution in [1.29, 1.82) is 5.41 Å². The van der Waals surface area contributed by atoms with Crippen molar-refractivity contribution in [3.8, 4) is 0 Å². The Morgan fingerprint density at radius 2 is 1.82 bits per heavy atom. The topological polar surface area (TPSA) is 65.1 Å². The summed E-state index contributed by atoms with van der Waals surface area (Å²) in [5.74, 6) is 1.15. The highest BCUT2D eigenvalue weighted by Crippen LogP contribution is 2.32. The molecule has 4 rings (SSSR count). The molecule has 5 nitrogen and oxygen atoms in total. The van der Waals surface area contributed by atoms with E-state index in [-0.39, 0.29) is 5.76 Å². The van der Waals surface area contributed by atoms with Crippen molar-refractivity contribution in [2.45, 2.75) is 39.7 Å². The normalized spacial score (nSPS) is 14.5. The van der Waals surface area contributed by atoms with Gasteiger partial charge in [0, 0.05) is 12.2 Å². The lowest BCUT2D eigenvalue weighted by Crippen LogP contribution is -2.26. The van der Waals surface area contributed by atoms with Gasteiger partial charge in [-0.3, -0.25) is 5.41 Å². The van der Waals surface area contributed by atoms with Crippen LogP contribution >= 0.6 is 0 Å². The average Bonchev–Trinajstić information content (AvgIpc) is 3.22. The van der Waals surface area contributed by atoms with Crippen LogP contribution in [0.15, 0.2) is 54.3 Å². The quantitative estimate of drug-likeness (QED) is 0.626. The average molecular weight is 374 g/mol. The number of hydrogen-bond acceptors (Lipinski definition) is 3. The number of anilines is 1. The largest absolute Gasteiger partial charge is 0.509 e. The Kier molecular flexibility index (Phi) is 4.90. The molecule has 0 saturated carbocycles. The molecule has 0 bridgehead atoms. The molecule has 1 aliphatic heterocycles. The number of aliphatic hydroxyl groups excluding tert-OH is 1. The Balaban J connectivity index is 1.66. The van der Waals surface area contributed by atoms with Crippen LogP contribution in [0.2, 0.25) is 0 Å². The lowest BCUT2D eigenvalue weighted by Gasteiger charge is -2.19. The van der Waals surface area contributed by atoms with E-state index in [4.69, 9.17) is 10.4 Å². The van der Waals surface area contributed by atoms with Gasteiger partial charge in [-0.2, -0.15) is 0 Å². The van der Waals surface area contributed by atoms with E-state index in [1.807, 2.05) is 41.3 Å². The number of rotatable bonds is 6. The van der Waals surface area contributed by atoms with Crippen molar-refractivity contribution >= 4 is 28.1 Å². The molecule has 0 amide bonds. The van der Waals surface area contributed by atoms with Gasteiger partial charge in [-0.05, 0) is 49.6 Å². The van der Waals surface area contributed by atoms with Crippen LogP contribution in [0.5, 0.6) is 0 Å². The fourth-order valence-electron chi connectivity index (χ4n) is 3.84. The third-order valence-corrected chi connectivity index (χ3v) is 5.36. The van der Waals surface area contributed by atoms with E-state index in [0.717, 1.165) is 29.7 Å². The third kappa shape index (κ3) is 3.07. The van der Waals surface area contributed by atoms with E-state index >= 15 is 0 Å². The predicted molar refractivity (Wildman–Crippen MR) is 115 cm³/mol. The second-order valence-electron chi connectivity index (χ2n) is 7.19. The maximum absolute atomic E-state index is 10.7. The number of nitrogens with zero attached hydrogens (tertiary/aromatic N) is 3. The van der Waals surface area contributed by atoms with Crippen molar-refractivity contribution < 1.29 is 5.11 Å². The summed E-state index contributed by atoms with van der Waals surface area (Å²) in [6, 6.07) is 16.3. The van der Waals surface area contributed by atoms with Gasteiger partial charge in [0.15, 0.2) is 0 Å². The van der Waals surface area contributed by atoms with E-state index in [2.05, 4.69) is 30.5 Å². The highest BCUT2D eigenvalue weighted by Gasteiger charge is 2.32. The number of aromatic nitrogens is 2. The Morgan fingerprint density at radius 3 is 2.54 bits per heavy atom. The van der Waals surface area contributed by atoms with E-state index in [1.54, 1.807) is 0 Å². The number of amidine groups is 1. The molecule has 0 radical (unpaired) electrons. The lowest BCUT2D eigenvalue weighted by molar-refractivity contribution is 0.411. The molecule has 0 atom stereocenters. The van der Waals surface area contributed by atoms with Gasteiger partial charge < -0.3 is 14.6 Å². The Bertz CT molecular complexity index is 1050. The molecule has 2 aromatic carbocycles. The number of fused-ring (bicyclic) bond motifs is 1. The van der Waals surface area contributed by atoms with Crippen LogP contribution in [-0.4, -0.2) is 27.0 Å². The number of aryl methyl sites for hydroxylation is 2. The summed E-state index contributed by atoms with van der Waals surface area (Å²) in [7, 11) is 0. The first-order valence-corrected chi connectivity index (χ1v) is 9.97. The molecule has 28 heavy (non-hydrogen) atoms. The minimum absolute atomic E-state index is 0.199. The highest BCUT2D eigenvalue weighted by atomic mass is 16.3. The molecule has 0 saturated heterocycles. The molecule has 2 heterocycles. The third-order valence-electron chi connectivity index (χ3n) is 5.36. The number of para-hydroxylation sites is 2. The van der Waals surface area contributed by atoms with Crippen LogP contribution < -0.4 is 4.90 Å².